The number of thioether (sulfide) groups is 1. The van der Waals surface area contributed by atoms with E-state index in [1.54, 1.807) is 30.0 Å². The van der Waals surface area contributed by atoms with Gasteiger partial charge in [0.25, 0.3) is 0 Å². The van der Waals surface area contributed by atoms with E-state index in [0.717, 1.165) is 11.4 Å². The Morgan fingerprint density at radius 2 is 2.15 bits per heavy atom. The molecule has 0 N–H and O–H groups in total. The summed E-state index contributed by atoms with van der Waals surface area (Å²) in [4.78, 5) is 13.2. The van der Waals surface area contributed by atoms with Gasteiger partial charge in [-0.3, -0.25) is 4.79 Å². The van der Waals surface area contributed by atoms with Crippen molar-refractivity contribution in [1.29, 1.82) is 0 Å². The maximum Gasteiger partial charge on any atom is 0.169 e. The first-order valence-electron chi connectivity index (χ1n) is 6.14. The van der Waals surface area contributed by atoms with E-state index >= 15 is 0 Å². The van der Waals surface area contributed by atoms with E-state index in [0.29, 0.717) is 22.9 Å². The average molecular weight is 334 g/mol. The molecule has 1 fully saturated rings. The number of halogens is 1. The average Bonchev–Trinajstić information content (AvgIpc) is 2.37. The lowest BCUT2D eigenvalue weighted by Gasteiger charge is -2.36. The fourth-order valence-electron chi connectivity index (χ4n) is 2.20. The Kier molecular flexibility index (Phi) is 4.66. The number of benzene rings is 1. The predicted molar refractivity (Wildman–Crippen MR) is 84.8 cm³/mol. The number of carbonyl (C=O) groups is 1. The SMILES string of the molecule is CC(=O)c1ccc(N2CCSCC2S(C)(=O)=O)cc1Cl. The number of anilines is 1. The molecule has 1 saturated heterocycles. The Bertz CT molecular complexity index is 631. The van der Waals surface area contributed by atoms with Gasteiger partial charge in [0, 0.05) is 35.6 Å². The first-order valence-corrected chi connectivity index (χ1v) is 9.63. The first kappa shape index (κ1) is 15.7. The minimum absolute atomic E-state index is 0.101. The van der Waals surface area contributed by atoms with Gasteiger partial charge >= 0.3 is 0 Å². The summed E-state index contributed by atoms with van der Waals surface area (Å²) in [6.07, 6.45) is 1.25. The molecule has 7 heteroatoms. The maximum atomic E-state index is 11.9. The van der Waals surface area contributed by atoms with Crippen molar-refractivity contribution in [3.63, 3.8) is 0 Å². The summed E-state index contributed by atoms with van der Waals surface area (Å²) in [5.41, 5.74) is 1.20. The Balaban J connectivity index is 2.38. The fraction of sp³-hybridized carbons (Fsp3) is 0.462. The molecule has 0 amide bonds. The molecule has 1 aliphatic rings. The van der Waals surface area contributed by atoms with E-state index in [1.165, 1.54) is 13.2 Å². The van der Waals surface area contributed by atoms with Crippen molar-refractivity contribution < 1.29 is 13.2 Å². The second-order valence-electron chi connectivity index (χ2n) is 4.77. The lowest BCUT2D eigenvalue weighted by Crippen LogP contribution is -2.47. The third-order valence-electron chi connectivity index (χ3n) is 3.24. The van der Waals surface area contributed by atoms with Crippen molar-refractivity contribution in [2.45, 2.75) is 12.3 Å². The lowest BCUT2D eigenvalue weighted by molar-refractivity contribution is 0.101. The van der Waals surface area contributed by atoms with Crippen LogP contribution in [0.5, 0.6) is 0 Å². The highest BCUT2D eigenvalue weighted by atomic mass is 35.5. The molecular weight excluding hydrogens is 318 g/mol. The van der Waals surface area contributed by atoms with Crippen molar-refractivity contribution in [3.05, 3.63) is 28.8 Å². The highest BCUT2D eigenvalue weighted by Crippen LogP contribution is 2.30. The molecule has 0 aromatic heterocycles. The molecule has 20 heavy (non-hydrogen) atoms. The van der Waals surface area contributed by atoms with Gasteiger partial charge in [-0.05, 0) is 25.1 Å². The Morgan fingerprint density at radius 1 is 1.45 bits per heavy atom. The van der Waals surface area contributed by atoms with Gasteiger partial charge in [-0.15, -0.1) is 0 Å². The topological polar surface area (TPSA) is 54.5 Å². The summed E-state index contributed by atoms with van der Waals surface area (Å²) in [7, 11) is -3.17. The van der Waals surface area contributed by atoms with Gasteiger partial charge in [-0.1, -0.05) is 11.6 Å². The zero-order valence-corrected chi connectivity index (χ0v) is 13.7. The lowest BCUT2D eigenvalue weighted by atomic mass is 10.1. The fourth-order valence-corrected chi connectivity index (χ4v) is 5.35. The van der Waals surface area contributed by atoms with E-state index < -0.39 is 15.2 Å². The van der Waals surface area contributed by atoms with Crippen LogP contribution in [0.3, 0.4) is 0 Å². The highest BCUT2D eigenvalue weighted by molar-refractivity contribution is 8.01. The highest BCUT2D eigenvalue weighted by Gasteiger charge is 2.31. The summed E-state index contributed by atoms with van der Waals surface area (Å²) in [6.45, 7) is 2.11. The molecule has 0 saturated carbocycles. The van der Waals surface area contributed by atoms with Crippen molar-refractivity contribution in [3.8, 4) is 0 Å². The van der Waals surface area contributed by atoms with Gasteiger partial charge in [0.1, 0.15) is 5.37 Å². The summed E-state index contributed by atoms with van der Waals surface area (Å²) in [5, 5.41) is -0.180. The number of hydrogen-bond acceptors (Lipinski definition) is 5. The number of hydrogen-bond donors (Lipinski definition) is 0. The number of carbonyl (C=O) groups excluding carboxylic acids is 1. The summed E-state index contributed by atoms with van der Waals surface area (Å²) in [6, 6.07) is 5.09. The van der Waals surface area contributed by atoms with Gasteiger partial charge in [-0.25, -0.2) is 8.42 Å². The zero-order chi connectivity index (χ0) is 14.9. The van der Waals surface area contributed by atoms with Crippen LogP contribution in [0.1, 0.15) is 17.3 Å². The Morgan fingerprint density at radius 3 is 2.70 bits per heavy atom. The van der Waals surface area contributed by atoms with Crippen LogP contribution in [0.15, 0.2) is 18.2 Å². The van der Waals surface area contributed by atoms with Crippen LogP contribution in [0, 0.1) is 0 Å². The number of rotatable bonds is 3. The van der Waals surface area contributed by atoms with Crippen LogP contribution in [0.4, 0.5) is 5.69 Å². The van der Waals surface area contributed by atoms with Crippen molar-refractivity contribution in [2.24, 2.45) is 0 Å². The monoisotopic (exact) mass is 333 g/mol. The third kappa shape index (κ3) is 3.30. The molecule has 1 atom stereocenters. The maximum absolute atomic E-state index is 11.9. The Labute approximate surface area is 128 Å². The molecule has 0 spiro atoms. The van der Waals surface area contributed by atoms with Gasteiger partial charge in [-0.2, -0.15) is 11.8 Å². The normalized spacial score (nSPS) is 19.9. The zero-order valence-electron chi connectivity index (χ0n) is 11.3. The van der Waals surface area contributed by atoms with Crippen LogP contribution in [-0.2, 0) is 9.84 Å². The molecular formula is C13H16ClNO3S2. The molecule has 110 valence electrons. The van der Waals surface area contributed by atoms with E-state index in [9.17, 15) is 13.2 Å². The van der Waals surface area contributed by atoms with Crippen LogP contribution in [0.2, 0.25) is 5.02 Å². The molecule has 0 radical (unpaired) electrons. The smallest absolute Gasteiger partial charge is 0.169 e. The largest absolute Gasteiger partial charge is 0.353 e. The molecule has 0 aliphatic carbocycles. The van der Waals surface area contributed by atoms with Gasteiger partial charge in [0.15, 0.2) is 15.6 Å². The van der Waals surface area contributed by atoms with Crippen LogP contribution in [0.25, 0.3) is 0 Å². The van der Waals surface area contributed by atoms with Crippen molar-refractivity contribution in [2.75, 3.05) is 29.2 Å². The van der Waals surface area contributed by atoms with Crippen molar-refractivity contribution in [1.82, 2.24) is 0 Å². The van der Waals surface area contributed by atoms with E-state index in [-0.39, 0.29) is 5.78 Å². The minimum Gasteiger partial charge on any atom is -0.353 e. The standard InChI is InChI=1S/C13H16ClNO3S2/c1-9(16)11-4-3-10(7-12(11)14)15-5-6-19-8-13(15)20(2,17)18/h3-4,7,13H,5-6,8H2,1-2H3. The molecule has 1 heterocycles. The second kappa shape index (κ2) is 5.95. The molecule has 1 aromatic carbocycles. The van der Waals surface area contributed by atoms with Crippen molar-refractivity contribution >= 4 is 44.7 Å². The number of Topliss-reactive ketones (excluding diaryl/α,β-unsaturated/α-hetero) is 1. The Hall–Kier alpha value is -0.720. The molecule has 1 unspecified atom stereocenters. The van der Waals surface area contributed by atoms with Crippen LogP contribution >= 0.6 is 23.4 Å². The predicted octanol–water partition coefficient (Wildman–Crippen LogP) is 2.47. The van der Waals surface area contributed by atoms with Crippen LogP contribution < -0.4 is 4.90 Å². The van der Waals surface area contributed by atoms with E-state index in [4.69, 9.17) is 11.6 Å². The van der Waals surface area contributed by atoms with Crippen LogP contribution in [-0.4, -0.2) is 43.9 Å². The summed E-state index contributed by atoms with van der Waals surface area (Å²) in [5.74, 6) is 1.32. The van der Waals surface area contributed by atoms with Gasteiger partial charge < -0.3 is 4.90 Å². The quantitative estimate of drug-likeness (QED) is 0.795. The number of ketones is 1. The summed E-state index contributed by atoms with van der Waals surface area (Å²) < 4.78 is 23.8. The second-order valence-corrected chi connectivity index (χ2v) is 8.53. The minimum atomic E-state index is -3.17. The third-order valence-corrected chi connectivity index (χ3v) is 6.20. The molecule has 4 nitrogen and oxygen atoms in total. The number of sulfone groups is 1. The summed E-state index contributed by atoms with van der Waals surface area (Å²) >= 11 is 7.74. The number of nitrogens with zero attached hydrogens (tertiary/aromatic N) is 1. The van der Waals surface area contributed by atoms with Gasteiger partial charge in [0.05, 0.1) is 5.02 Å². The molecule has 1 aromatic rings. The van der Waals surface area contributed by atoms with E-state index in [1.807, 2.05) is 4.90 Å². The van der Waals surface area contributed by atoms with E-state index in [2.05, 4.69) is 0 Å². The molecule has 0 bridgehead atoms. The van der Waals surface area contributed by atoms with Gasteiger partial charge in [0.2, 0.25) is 0 Å². The molecule has 1 aliphatic heterocycles. The first-order chi connectivity index (χ1) is 9.30. The molecule has 2 rings (SSSR count).